The van der Waals surface area contributed by atoms with Crippen LogP contribution in [0, 0.1) is 24.2 Å². The molecule has 0 aliphatic carbocycles. The first-order valence-corrected chi connectivity index (χ1v) is 13.2. The van der Waals surface area contributed by atoms with Crippen molar-refractivity contribution in [2.45, 2.75) is 104 Å². The number of rotatable bonds is 2. The minimum absolute atomic E-state index is 0.129. The molecule has 3 rings (SSSR count). The van der Waals surface area contributed by atoms with Crippen molar-refractivity contribution in [2.24, 2.45) is 17.3 Å². The first-order valence-electron chi connectivity index (χ1n) is 12.3. The monoisotopic (exact) mass is 511 g/mol. The van der Waals surface area contributed by atoms with Gasteiger partial charge in [0.25, 0.3) is 0 Å². The van der Waals surface area contributed by atoms with E-state index in [1.165, 1.54) is 17.4 Å². The molecule has 9 heteroatoms. The van der Waals surface area contributed by atoms with Crippen LogP contribution < -0.4 is 0 Å². The number of hydrogen-bond donors (Lipinski definition) is 2. The number of carbonyl (C=O) groups excluding carboxylic acids is 2. The minimum atomic E-state index is -1.35. The maximum Gasteiger partial charge on any atom is 0.309 e. The van der Waals surface area contributed by atoms with Gasteiger partial charge in [0, 0.05) is 17.7 Å². The number of nitrogens with zero attached hydrogens (tertiary/aromatic N) is 1. The number of aromatic nitrogens is 1. The quantitative estimate of drug-likeness (QED) is 0.448. The number of esters is 1. The van der Waals surface area contributed by atoms with Crippen LogP contribution in [0.3, 0.4) is 0 Å². The van der Waals surface area contributed by atoms with Gasteiger partial charge in [-0.25, -0.2) is 9.37 Å². The highest BCUT2D eigenvalue weighted by Crippen LogP contribution is 2.45. The summed E-state index contributed by atoms with van der Waals surface area (Å²) >= 11 is 1.39. The van der Waals surface area contributed by atoms with Crippen molar-refractivity contribution in [3.05, 3.63) is 21.9 Å². The van der Waals surface area contributed by atoms with Crippen LogP contribution in [0.2, 0.25) is 0 Å². The molecular weight excluding hydrogens is 473 g/mol. The van der Waals surface area contributed by atoms with Gasteiger partial charge in [-0.05, 0) is 38.7 Å². The normalized spacial score (nSPS) is 37.5. The highest BCUT2D eigenvalue weighted by molar-refractivity contribution is 7.09. The lowest BCUT2D eigenvalue weighted by Crippen LogP contribution is -2.45. The number of aliphatic hydroxyl groups is 2. The largest absolute Gasteiger partial charge is 0.455 e. The zero-order chi connectivity index (χ0) is 26.1. The number of ketones is 1. The molecule has 196 valence electrons. The number of halogens is 1. The molecule has 0 amide bonds. The molecule has 2 aliphatic heterocycles. The fraction of sp³-hybridized carbons (Fsp3) is 0.731. The molecule has 3 heterocycles. The molecule has 0 bridgehead atoms. The highest BCUT2D eigenvalue weighted by Gasteiger charge is 2.53. The molecule has 0 saturated carbocycles. The van der Waals surface area contributed by atoms with Crippen LogP contribution in [0.5, 0.6) is 0 Å². The average molecular weight is 512 g/mol. The number of aryl methyl sites for hydroxylation is 1. The second-order valence-electron chi connectivity index (χ2n) is 10.9. The van der Waals surface area contributed by atoms with Crippen LogP contribution in [0.1, 0.15) is 77.4 Å². The molecule has 0 spiro atoms. The average Bonchev–Trinajstić information content (AvgIpc) is 3.22. The predicted octanol–water partition coefficient (Wildman–Crippen LogP) is 4.38. The molecule has 2 aliphatic rings. The summed E-state index contributed by atoms with van der Waals surface area (Å²) < 4.78 is 26.7. The molecule has 1 unspecified atom stereocenters. The van der Waals surface area contributed by atoms with E-state index in [-0.39, 0.29) is 24.2 Å². The third-order valence-corrected chi connectivity index (χ3v) is 8.43. The van der Waals surface area contributed by atoms with Crippen LogP contribution in [0.4, 0.5) is 4.39 Å². The lowest BCUT2D eigenvalue weighted by atomic mass is 9.73. The summed E-state index contributed by atoms with van der Waals surface area (Å²) in [6.45, 7) is 10.4. The van der Waals surface area contributed by atoms with E-state index in [4.69, 9.17) is 9.47 Å². The van der Waals surface area contributed by atoms with E-state index in [0.717, 1.165) is 11.4 Å². The first kappa shape index (κ1) is 27.9. The molecule has 7 atom stereocenters. The molecule has 1 aromatic rings. The summed E-state index contributed by atoms with van der Waals surface area (Å²) in [7, 11) is 0. The van der Waals surface area contributed by atoms with E-state index < -0.39 is 53.5 Å². The highest BCUT2D eigenvalue weighted by atomic mass is 32.1. The Morgan fingerprint density at radius 3 is 2.57 bits per heavy atom. The van der Waals surface area contributed by atoms with Crippen LogP contribution in [-0.2, 0) is 19.1 Å². The summed E-state index contributed by atoms with van der Waals surface area (Å²) in [5.74, 6) is -2.62. The molecular formula is C26H38FNO6S. The van der Waals surface area contributed by atoms with Gasteiger partial charge in [-0.15, -0.1) is 11.3 Å². The van der Waals surface area contributed by atoms with Crippen LogP contribution in [0.25, 0.3) is 6.08 Å². The molecule has 1 aromatic heterocycles. The lowest BCUT2D eigenvalue weighted by molar-refractivity contribution is -0.155. The number of cyclic esters (lactones) is 1. The summed E-state index contributed by atoms with van der Waals surface area (Å²) in [5, 5.41) is 24.1. The number of fused-ring (bicyclic) bond motifs is 1. The van der Waals surface area contributed by atoms with Gasteiger partial charge in [0.05, 0.1) is 46.5 Å². The van der Waals surface area contributed by atoms with Crippen molar-refractivity contribution in [2.75, 3.05) is 0 Å². The molecule has 0 aromatic carbocycles. The van der Waals surface area contributed by atoms with Crippen molar-refractivity contribution in [3.63, 3.8) is 0 Å². The second-order valence-corrected chi connectivity index (χ2v) is 12.0. The molecule has 2 fully saturated rings. The van der Waals surface area contributed by atoms with Gasteiger partial charge in [-0.1, -0.05) is 34.1 Å². The Morgan fingerprint density at radius 2 is 1.94 bits per heavy atom. The van der Waals surface area contributed by atoms with Gasteiger partial charge < -0.3 is 19.7 Å². The standard InChI is InChI=1S/C26H38FNO6S/c1-14-8-7-9-26(6)21(34-26)11-19(18(27)10-17-13-35-16(3)28-17)33-22(30)12-20(29)25(4,5)24(32)15(2)23(14)31/h10,13-15,19-21,23,29,31H,7-9,11-12H2,1-6H3/t14-,15?,19-,20-,21-,23-,26+/m0/s1. The Labute approximate surface area is 210 Å². The predicted molar refractivity (Wildman–Crippen MR) is 131 cm³/mol. The van der Waals surface area contributed by atoms with Crippen molar-refractivity contribution in [1.82, 2.24) is 4.98 Å². The van der Waals surface area contributed by atoms with E-state index in [0.29, 0.717) is 18.5 Å². The Balaban J connectivity index is 1.85. The van der Waals surface area contributed by atoms with Crippen LogP contribution in [0.15, 0.2) is 11.2 Å². The number of ether oxygens (including phenoxy) is 2. The van der Waals surface area contributed by atoms with Crippen LogP contribution in [-0.4, -0.2) is 57.0 Å². The lowest BCUT2D eigenvalue weighted by Gasteiger charge is -2.34. The van der Waals surface area contributed by atoms with Gasteiger partial charge in [-0.3, -0.25) is 9.59 Å². The van der Waals surface area contributed by atoms with Crippen molar-refractivity contribution < 1.29 is 33.7 Å². The van der Waals surface area contributed by atoms with Gasteiger partial charge in [0.1, 0.15) is 11.6 Å². The third kappa shape index (κ3) is 6.56. The van der Waals surface area contributed by atoms with Gasteiger partial charge in [0.2, 0.25) is 0 Å². The topological polar surface area (TPSA) is 109 Å². The Morgan fingerprint density at radius 1 is 1.26 bits per heavy atom. The zero-order valence-corrected chi connectivity index (χ0v) is 22.2. The van der Waals surface area contributed by atoms with Crippen molar-refractivity contribution in [1.29, 1.82) is 0 Å². The molecule has 7 nitrogen and oxygen atoms in total. The van der Waals surface area contributed by atoms with Gasteiger partial charge in [-0.2, -0.15) is 0 Å². The fourth-order valence-electron chi connectivity index (χ4n) is 4.86. The van der Waals surface area contributed by atoms with E-state index in [1.54, 1.807) is 26.2 Å². The van der Waals surface area contributed by atoms with Crippen molar-refractivity contribution in [3.8, 4) is 0 Å². The fourth-order valence-corrected chi connectivity index (χ4v) is 5.44. The summed E-state index contributed by atoms with van der Waals surface area (Å²) in [5.41, 5.74) is -1.32. The molecule has 2 saturated heterocycles. The van der Waals surface area contributed by atoms with Crippen LogP contribution >= 0.6 is 11.3 Å². The number of thiazole rings is 1. The summed E-state index contributed by atoms with van der Waals surface area (Å²) in [6.07, 6.45) is -0.593. The SMILES string of the molecule is Cc1nc(C=C(F)[C@@H]2C[C@@H]3O[C@]3(C)CCC[C@H](C)[C@H](O)C(C)C(=O)C(C)(C)[C@@H](O)CC(=O)O2)cs1. The first-order chi connectivity index (χ1) is 16.2. The smallest absolute Gasteiger partial charge is 0.309 e. The maximum absolute atomic E-state index is 15.3. The number of hydrogen-bond acceptors (Lipinski definition) is 8. The molecule has 2 N–H and O–H groups in total. The van der Waals surface area contributed by atoms with E-state index in [2.05, 4.69) is 4.98 Å². The summed E-state index contributed by atoms with van der Waals surface area (Å²) in [4.78, 5) is 30.2. The number of aliphatic hydroxyl groups excluding tert-OH is 2. The number of Topliss-reactive ketones (excluding diaryl/α,β-unsaturated/α-hetero) is 1. The molecule has 35 heavy (non-hydrogen) atoms. The van der Waals surface area contributed by atoms with E-state index in [9.17, 15) is 19.8 Å². The van der Waals surface area contributed by atoms with Crippen molar-refractivity contribution >= 4 is 29.2 Å². The van der Waals surface area contributed by atoms with Gasteiger partial charge in [0.15, 0.2) is 6.10 Å². The van der Waals surface area contributed by atoms with E-state index >= 15 is 4.39 Å². The number of carbonyl (C=O) groups is 2. The van der Waals surface area contributed by atoms with Gasteiger partial charge >= 0.3 is 5.97 Å². The Bertz CT molecular complexity index is 961. The summed E-state index contributed by atoms with van der Waals surface area (Å²) in [6, 6.07) is 0. The third-order valence-electron chi connectivity index (χ3n) is 7.64. The Hall–Kier alpha value is -1.68. The second kappa shape index (κ2) is 10.7. The number of epoxide rings is 1. The maximum atomic E-state index is 15.3. The van der Waals surface area contributed by atoms with E-state index in [1.807, 2.05) is 20.8 Å². The molecule has 0 radical (unpaired) electrons. The Kier molecular flexibility index (Phi) is 8.57. The zero-order valence-electron chi connectivity index (χ0n) is 21.4. The minimum Gasteiger partial charge on any atom is -0.455 e.